The summed E-state index contributed by atoms with van der Waals surface area (Å²) in [4.78, 5) is 0. The topological polar surface area (TPSA) is 0 Å². The second kappa shape index (κ2) is 12.5. The van der Waals surface area contributed by atoms with Gasteiger partial charge in [-0.3, -0.25) is 0 Å². The van der Waals surface area contributed by atoms with Gasteiger partial charge in [0.2, 0.25) is 0 Å². The predicted molar refractivity (Wildman–Crippen MR) is 233 cm³/mol. The minimum atomic E-state index is -0.535. The van der Waals surface area contributed by atoms with Crippen LogP contribution in [0.3, 0.4) is 0 Å². The maximum absolute atomic E-state index is 2.50. The first kappa shape index (κ1) is 31.5. The van der Waals surface area contributed by atoms with E-state index in [1.54, 1.807) is 0 Å². The van der Waals surface area contributed by atoms with Gasteiger partial charge in [-0.1, -0.05) is 200 Å². The van der Waals surface area contributed by atoms with E-state index in [9.17, 15) is 0 Å². The first-order valence-corrected chi connectivity index (χ1v) is 19.2. The van der Waals surface area contributed by atoms with E-state index in [1.807, 2.05) is 0 Å². The average molecular weight is 697 g/mol. The van der Waals surface area contributed by atoms with Crippen LogP contribution in [0.5, 0.6) is 0 Å². The zero-order valence-electron chi connectivity index (χ0n) is 30.3. The molecule has 0 amide bonds. The van der Waals surface area contributed by atoms with Gasteiger partial charge in [0.15, 0.2) is 0 Å². The van der Waals surface area contributed by atoms with Gasteiger partial charge in [0.05, 0.1) is 5.41 Å². The first-order chi connectivity index (χ1) is 27.3. The molecule has 11 rings (SSSR count). The summed E-state index contributed by atoms with van der Waals surface area (Å²) in [6, 6.07) is 81.0. The Labute approximate surface area is 321 Å². The molecule has 0 unspecified atom stereocenters. The van der Waals surface area contributed by atoms with Crippen molar-refractivity contribution in [1.29, 1.82) is 0 Å². The second-order valence-electron chi connectivity index (χ2n) is 14.8. The van der Waals surface area contributed by atoms with Gasteiger partial charge in [-0.2, -0.15) is 0 Å². The molecule has 0 saturated heterocycles. The van der Waals surface area contributed by atoms with Crippen molar-refractivity contribution in [1.82, 2.24) is 0 Å². The minimum Gasteiger partial charge on any atom is -0.0622 e. The van der Waals surface area contributed by atoms with E-state index in [0.717, 1.165) is 0 Å². The summed E-state index contributed by atoms with van der Waals surface area (Å²) in [7, 11) is 0. The Balaban J connectivity index is 1.28. The maximum atomic E-state index is 2.50. The van der Waals surface area contributed by atoms with Crippen LogP contribution in [0.2, 0.25) is 0 Å². The molecule has 0 fully saturated rings. The van der Waals surface area contributed by atoms with Gasteiger partial charge in [-0.25, -0.2) is 0 Å². The monoisotopic (exact) mass is 696 g/mol. The van der Waals surface area contributed by atoms with E-state index in [2.05, 4.69) is 218 Å². The van der Waals surface area contributed by atoms with Gasteiger partial charge in [0.25, 0.3) is 0 Å². The molecule has 1 aliphatic carbocycles. The third-order valence-electron chi connectivity index (χ3n) is 11.9. The first-order valence-electron chi connectivity index (χ1n) is 19.2. The zero-order chi connectivity index (χ0) is 36.3. The fourth-order valence-corrected chi connectivity index (χ4v) is 9.54. The lowest BCUT2D eigenvalue weighted by Gasteiger charge is -2.35. The molecule has 0 bridgehead atoms. The van der Waals surface area contributed by atoms with E-state index < -0.39 is 5.41 Å². The molecule has 55 heavy (non-hydrogen) atoms. The van der Waals surface area contributed by atoms with Crippen molar-refractivity contribution in [3.05, 3.63) is 241 Å². The van der Waals surface area contributed by atoms with Crippen LogP contribution in [0.25, 0.3) is 76.8 Å². The summed E-state index contributed by atoms with van der Waals surface area (Å²) in [5.41, 5.74) is 14.7. The largest absolute Gasteiger partial charge is 0.0719 e. The molecule has 0 heterocycles. The molecular weight excluding hydrogens is 661 g/mol. The SMILES string of the molecule is c1ccc(-c2ccc3c(c2)-c2ccc4c(cc(-c5ccccc5)c5cc(-c6cccc7ccccc67)ccc54)c2C3(c2ccccc2)c2ccccc2)cc1. The number of hydrogen-bond acceptors (Lipinski definition) is 0. The Kier molecular flexibility index (Phi) is 7.19. The Morgan fingerprint density at radius 3 is 1.56 bits per heavy atom. The van der Waals surface area contributed by atoms with Crippen LogP contribution in [0.1, 0.15) is 22.3 Å². The Hall–Kier alpha value is -7.02. The second-order valence-corrected chi connectivity index (χ2v) is 14.8. The van der Waals surface area contributed by atoms with E-state index >= 15 is 0 Å². The van der Waals surface area contributed by atoms with Crippen LogP contribution in [-0.2, 0) is 5.41 Å². The van der Waals surface area contributed by atoms with Crippen molar-refractivity contribution in [2.45, 2.75) is 5.41 Å². The van der Waals surface area contributed by atoms with Gasteiger partial charge in [0, 0.05) is 0 Å². The summed E-state index contributed by atoms with van der Waals surface area (Å²) >= 11 is 0. The van der Waals surface area contributed by atoms with E-state index in [-0.39, 0.29) is 0 Å². The van der Waals surface area contributed by atoms with Crippen LogP contribution in [0.4, 0.5) is 0 Å². The van der Waals surface area contributed by atoms with Crippen molar-refractivity contribution in [3.8, 4) is 44.5 Å². The van der Waals surface area contributed by atoms with Crippen molar-refractivity contribution in [2.24, 2.45) is 0 Å². The van der Waals surface area contributed by atoms with Crippen LogP contribution in [-0.4, -0.2) is 0 Å². The highest BCUT2D eigenvalue weighted by Crippen LogP contribution is 2.59. The summed E-state index contributed by atoms with van der Waals surface area (Å²) in [6.07, 6.45) is 0. The summed E-state index contributed by atoms with van der Waals surface area (Å²) in [5, 5.41) is 7.60. The van der Waals surface area contributed by atoms with Gasteiger partial charge >= 0.3 is 0 Å². The number of fused-ring (bicyclic) bond motifs is 8. The minimum absolute atomic E-state index is 0.535. The van der Waals surface area contributed by atoms with Gasteiger partial charge in [0.1, 0.15) is 0 Å². The average Bonchev–Trinajstić information content (AvgIpc) is 3.58. The third-order valence-corrected chi connectivity index (χ3v) is 11.9. The molecule has 0 heteroatoms. The van der Waals surface area contributed by atoms with Crippen molar-refractivity contribution < 1.29 is 0 Å². The molecule has 0 aromatic heterocycles. The number of benzene rings is 10. The smallest absolute Gasteiger partial charge is 0.0622 e. The van der Waals surface area contributed by atoms with Crippen molar-refractivity contribution >= 4 is 32.3 Å². The van der Waals surface area contributed by atoms with Gasteiger partial charge < -0.3 is 0 Å². The predicted octanol–water partition coefficient (Wildman–Crippen LogP) is 14.5. The standard InChI is InChI=1S/C55H36/c1-5-16-37(17-6-1)40-29-33-53-51(34-40)48-32-31-47-46-30-28-41(45-27-15-21-38-20-13-14-26-44(38)45)35-50(46)49(39-18-7-2-8-19-39)36-52(47)54(48)55(53,42-22-9-3-10-23-42)43-24-11-4-12-25-43/h1-36H. The molecule has 0 nitrogen and oxygen atoms in total. The highest BCUT2D eigenvalue weighted by Gasteiger charge is 2.47. The molecule has 10 aromatic rings. The quantitative estimate of drug-likeness (QED) is 0.157. The summed E-state index contributed by atoms with van der Waals surface area (Å²) in [5.74, 6) is 0. The number of hydrogen-bond donors (Lipinski definition) is 0. The highest BCUT2D eigenvalue weighted by atomic mass is 14.5. The van der Waals surface area contributed by atoms with Gasteiger partial charge in [-0.15, -0.1) is 0 Å². The van der Waals surface area contributed by atoms with Crippen LogP contribution in [0, 0.1) is 0 Å². The Morgan fingerprint density at radius 1 is 0.255 bits per heavy atom. The third kappa shape index (κ3) is 4.78. The fourth-order valence-electron chi connectivity index (χ4n) is 9.54. The molecule has 1 aliphatic rings. The summed E-state index contributed by atoms with van der Waals surface area (Å²) in [6.45, 7) is 0. The molecule has 0 spiro atoms. The molecule has 256 valence electrons. The number of rotatable bonds is 5. The van der Waals surface area contributed by atoms with Crippen molar-refractivity contribution in [3.63, 3.8) is 0 Å². The molecule has 10 aromatic carbocycles. The zero-order valence-corrected chi connectivity index (χ0v) is 30.3. The molecule has 0 atom stereocenters. The van der Waals surface area contributed by atoms with Crippen LogP contribution in [0.15, 0.2) is 218 Å². The van der Waals surface area contributed by atoms with Crippen LogP contribution >= 0.6 is 0 Å². The molecular formula is C55H36. The lowest BCUT2D eigenvalue weighted by molar-refractivity contribution is 0.775. The van der Waals surface area contributed by atoms with Gasteiger partial charge in [-0.05, 0) is 117 Å². The molecule has 0 aliphatic heterocycles. The van der Waals surface area contributed by atoms with E-state index in [4.69, 9.17) is 0 Å². The van der Waals surface area contributed by atoms with Crippen LogP contribution < -0.4 is 0 Å². The maximum Gasteiger partial charge on any atom is 0.0719 e. The highest BCUT2D eigenvalue weighted by molar-refractivity contribution is 6.18. The van der Waals surface area contributed by atoms with E-state index in [1.165, 1.54) is 99.1 Å². The molecule has 0 radical (unpaired) electrons. The fraction of sp³-hybridized carbons (Fsp3) is 0.0182. The lowest BCUT2D eigenvalue weighted by Crippen LogP contribution is -2.28. The van der Waals surface area contributed by atoms with Crippen molar-refractivity contribution in [2.75, 3.05) is 0 Å². The van der Waals surface area contributed by atoms with E-state index in [0.29, 0.717) is 0 Å². The molecule has 0 N–H and O–H groups in total. The summed E-state index contributed by atoms with van der Waals surface area (Å²) < 4.78 is 0. The normalized spacial score (nSPS) is 12.9. The molecule has 0 saturated carbocycles. The Bertz CT molecular complexity index is 3010. The Morgan fingerprint density at radius 2 is 0.836 bits per heavy atom. The lowest BCUT2D eigenvalue weighted by atomic mass is 9.66.